The zero-order valence-corrected chi connectivity index (χ0v) is 12.6. The molecule has 1 aromatic carbocycles. The first kappa shape index (κ1) is 15.3. The molecule has 1 atom stereocenters. The molecule has 0 saturated carbocycles. The highest BCUT2D eigenvalue weighted by Crippen LogP contribution is 2.13. The standard InChI is InChI=1S/C16H21N3O2/c1-10-4-6-13(7-5-10)15(20)9-17-16(21)8-14-11(2)18-19-12(14)3/h4-7,15,20H,8-9H2,1-3H3,(H,17,21)(H,18,19)/t15-/m1/s1. The zero-order valence-electron chi connectivity index (χ0n) is 12.6. The molecular weight excluding hydrogens is 266 g/mol. The minimum Gasteiger partial charge on any atom is -0.387 e. The second kappa shape index (κ2) is 6.54. The largest absolute Gasteiger partial charge is 0.387 e. The minimum atomic E-state index is -0.693. The monoisotopic (exact) mass is 287 g/mol. The van der Waals surface area contributed by atoms with Crippen molar-refractivity contribution in [3.63, 3.8) is 0 Å². The number of amides is 1. The molecule has 1 amide bonds. The Morgan fingerprint density at radius 1 is 1.29 bits per heavy atom. The van der Waals surface area contributed by atoms with Gasteiger partial charge in [-0.05, 0) is 26.3 Å². The van der Waals surface area contributed by atoms with Crippen LogP contribution < -0.4 is 5.32 Å². The number of aromatic amines is 1. The van der Waals surface area contributed by atoms with Crippen LogP contribution in [0.3, 0.4) is 0 Å². The third kappa shape index (κ3) is 3.92. The van der Waals surface area contributed by atoms with Crippen molar-refractivity contribution in [2.75, 3.05) is 6.54 Å². The van der Waals surface area contributed by atoms with Crippen molar-refractivity contribution >= 4 is 5.91 Å². The lowest BCUT2D eigenvalue weighted by molar-refractivity contribution is -0.120. The smallest absolute Gasteiger partial charge is 0.224 e. The lowest BCUT2D eigenvalue weighted by atomic mass is 10.1. The van der Waals surface area contributed by atoms with Crippen LogP contribution in [0.4, 0.5) is 0 Å². The Labute approximate surface area is 124 Å². The number of nitrogens with one attached hydrogen (secondary N) is 2. The summed E-state index contributed by atoms with van der Waals surface area (Å²) >= 11 is 0. The van der Waals surface area contributed by atoms with E-state index < -0.39 is 6.10 Å². The number of aliphatic hydroxyl groups excluding tert-OH is 1. The highest BCUT2D eigenvalue weighted by Gasteiger charge is 2.13. The Kier molecular flexibility index (Phi) is 4.75. The molecule has 5 heteroatoms. The quantitative estimate of drug-likeness (QED) is 0.783. The first-order valence-corrected chi connectivity index (χ1v) is 6.99. The number of carbonyl (C=O) groups excluding carboxylic acids is 1. The molecule has 0 saturated heterocycles. The van der Waals surface area contributed by atoms with Crippen LogP contribution in [-0.2, 0) is 11.2 Å². The van der Waals surface area contributed by atoms with Crippen LogP contribution in [0.15, 0.2) is 24.3 Å². The summed E-state index contributed by atoms with van der Waals surface area (Å²) in [4.78, 5) is 11.9. The topological polar surface area (TPSA) is 78.0 Å². The summed E-state index contributed by atoms with van der Waals surface area (Å²) in [6.45, 7) is 5.96. The van der Waals surface area contributed by atoms with Gasteiger partial charge in [-0.2, -0.15) is 5.10 Å². The van der Waals surface area contributed by atoms with Crippen molar-refractivity contribution in [1.29, 1.82) is 0 Å². The van der Waals surface area contributed by atoms with Crippen LogP contribution in [-0.4, -0.2) is 27.8 Å². The maximum Gasteiger partial charge on any atom is 0.224 e. The molecule has 0 aliphatic carbocycles. The third-order valence-electron chi connectivity index (χ3n) is 3.57. The molecule has 0 unspecified atom stereocenters. The Morgan fingerprint density at radius 3 is 2.52 bits per heavy atom. The van der Waals surface area contributed by atoms with Gasteiger partial charge in [-0.1, -0.05) is 29.8 Å². The van der Waals surface area contributed by atoms with Crippen LogP contribution in [0, 0.1) is 20.8 Å². The molecule has 1 heterocycles. The molecule has 0 radical (unpaired) electrons. The van der Waals surface area contributed by atoms with Gasteiger partial charge in [0, 0.05) is 17.8 Å². The Hall–Kier alpha value is -2.14. The number of aryl methyl sites for hydroxylation is 3. The van der Waals surface area contributed by atoms with Crippen LogP contribution in [0.1, 0.15) is 34.2 Å². The van der Waals surface area contributed by atoms with Gasteiger partial charge in [-0.15, -0.1) is 0 Å². The van der Waals surface area contributed by atoms with E-state index in [-0.39, 0.29) is 18.9 Å². The summed E-state index contributed by atoms with van der Waals surface area (Å²) in [7, 11) is 0. The van der Waals surface area contributed by atoms with Crippen molar-refractivity contribution in [2.24, 2.45) is 0 Å². The van der Waals surface area contributed by atoms with Gasteiger partial charge in [0.15, 0.2) is 0 Å². The van der Waals surface area contributed by atoms with Gasteiger partial charge >= 0.3 is 0 Å². The highest BCUT2D eigenvalue weighted by atomic mass is 16.3. The van der Waals surface area contributed by atoms with E-state index in [9.17, 15) is 9.90 Å². The fourth-order valence-electron chi connectivity index (χ4n) is 2.17. The molecule has 0 aliphatic rings. The van der Waals surface area contributed by atoms with Crippen LogP contribution in [0.5, 0.6) is 0 Å². The van der Waals surface area contributed by atoms with Gasteiger partial charge in [0.25, 0.3) is 0 Å². The molecular formula is C16H21N3O2. The molecule has 0 bridgehead atoms. The van der Waals surface area contributed by atoms with Gasteiger partial charge in [0.2, 0.25) is 5.91 Å². The van der Waals surface area contributed by atoms with Crippen LogP contribution in [0.25, 0.3) is 0 Å². The number of benzene rings is 1. The molecule has 21 heavy (non-hydrogen) atoms. The van der Waals surface area contributed by atoms with E-state index in [1.165, 1.54) is 0 Å². The fraction of sp³-hybridized carbons (Fsp3) is 0.375. The third-order valence-corrected chi connectivity index (χ3v) is 3.57. The second-order valence-corrected chi connectivity index (χ2v) is 5.32. The summed E-state index contributed by atoms with van der Waals surface area (Å²) in [6.07, 6.45) is -0.421. The molecule has 0 spiro atoms. The normalized spacial score (nSPS) is 12.2. The highest BCUT2D eigenvalue weighted by molar-refractivity contribution is 5.79. The van der Waals surface area contributed by atoms with Crippen molar-refractivity contribution in [3.05, 3.63) is 52.3 Å². The molecule has 2 aromatic rings. The van der Waals surface area contributed by atoms with Crippen molar-refractivity contribution in [2.45, 2.75) is 33.3 Å². The van der Waals surface area contributed by atoms with Crippen molar-refractivity contribution in [1.82, 2.24) is 15.5 Å². The number of hydrogen-bond acceptors (Lipinski definition) is 3. The average Bonchev–Trinajstić information content (AvgIpc) is 2.77. The van der Waals surface area contributed by atoms with Gasteiger partial charge in [-0.3, -0.25) is 9.89 Å². The molecule has 5 nitrogen and oxygen atoms in total. The van der Waals surface area contributed by atoms with E-state index in [2.05, 4.69) is 15.5 Å². The number of H-pyrrole nitrogens is 1. The summed E-state index contributed by atoms with van der Waals surface area (Å²) in [6, 6.07) is 7.63. The lowest BCUT2D eigenvalue weighted by Gasteiger charge is -2.12. The average molecular weight is 287 g/mol. The number of hydrogen-bond donors (Lipinski definition) is 3. The van der Waals surface area contributed by atoms with E-state index >= 15 is 0 Å². The van der Waals surface area contributed by atoms with E-state index in [0.29, 0.717) is 0 Å². The van der Waals surface area contributed by atoms with E-state index in [4.69, 9.17) is 0 Å². The number of rotatable bonds is 5. The molecule has 0 aliphatic heterocycles. The Morgan fingerprint density at radius 2 is 1.95 bits per heavy atom. The predicted molar refractivity (Wildman–Crippen MR) is 80.9 cm³/mol. The first-order chi connectivity index (χ1) is 9.97. The second-order valence-electron chi connectivity index (χ2n) is 5.32. The SMILES string of the molecule is Cc1ccc([C@H](O)CNC(=O)Cc2c(C)n[nH]c2C)cc1. The fourth-order valence-corrected chi connectivity index (χ4v) is 2.17. The maximum absolute atomic E-state index is 11.9. The van der Waals surface area contributed by atoms with E-state index in [1.54, 1.807) is 0 Å². The number of aliphatic hydroxyl groups is 1. The van der Waals surface area contributed by atoms with E-state index in [0.717, 1.165) is 28.1 Å². The van der Waals surface area contributed by atoms with Gasteiger partial charge in [0.05, 0.1) is 18.2 Å². The van der Waals surface area contributed by atoms with Crippen LogP contribution in [0.2, 0.25) is 0 Å². The summed E-state index contributed by atoms with van der Waals surface area (Å²) in [5.74, 6) is -0.117. The lowest BCUT2D eigenvalue weighted by Crippen LogP contribution is -2.29. The van der Waals surface area contributed by atoms with Crippen LogP contribution >= 0.6 is 0 Å². The predicted octanol–water partition coefficient (Wildman–Crippen LogP) is 1.73. The summed E-state index contributed by atoms with van der Waals surface area (Å²) < 4.78 is 0. The van der Waals surface area contributed by atoms with Gasteiger partial charge < -0.3 is 10.4 Å². The Bertz CT molecular complexity index is 597. The first-order valence-electron chi connectivity index (χ1n) is 6.99. The minimum absolute atomic E-state index is 0.117. The molecule has 3 N–H and O–H groups in total. The molecule has 1 aromatic heterocycles. The van der Waals surface area contributed by atoms with Gasteiger partial charge in [0.1, 0.15) is 0 Å². The number of nitrogens with zero attached hydrogens (tertiary/aromatic N) is 1. The van der Waals surface area contributed by atoms with Gasteiger partial charge in [-0.25, -0.2) is 0 Å². The van der Waals surface area contributed by atoms with Crippen molar-refractivity contribution in [3.8, 4) is 0 Å². The summed E-state index contributed by atoms with van der Waals surface area (Å²) in [5.41, 5.74) is 4.60. The summed E-state index contributed by atoms with van der Waals surface area (Å²) in [5, 5.41) is 19.7. The maximum atomic E-state index is 11.9. The number of carbonyl (C=O) groups is 1. The zero-order chi connectivity index (χ0) is 15.4. The van der Waals surface area contributed by atoms with E-state index in [1.807, 2.05) is 45.0 Å². The molecule has 112 valence electrons. The number of aromatic nitrogens is 2. The molecule has 2 rings (SSSR count). The molecule has 0 fully saturated rings. The van der Waals surface area contributed by atoms with Crippen molar-refractivity contribution < 1.29 is 9.90 Å². The Balaban J connectivity index is 1.88.